The van der Waals surface area contributed by atoms with Gasteiger partial charge in [0, 0.05) is 23.7 Å². The highest BCUT2D eigenvalue weighted by Gasteiger charge is 2.06. The Morgan fingerprint density at radius 2 is 2.07 bits per heavy atom. The van der Waals surface area contributed by atoms with Gasteiger partial charge in [-0.15, -0.1) is 0 Å². The maximum atomic E-state index is 5.50. The van der Waals surface area contributed by atoms with Crippen LogP contribution >= 0.6 is 0 Å². The standard InChI is InChI=1S/C10H12N4/c1-7-10(14-9(6-11)13-7)8-2-4-12-5-3-8/h2-5H,6,11H2,1H3,(H,13,14). The molecule has 0 saturated carbocycles. The van der Waals surface area contributed by atoms with Gasteiger partial charge in [-0.25, -0.2) is 4.98 Å². The van der Waals surface area contributed by atoms with E-state index < -0.39 is 0 Å². The van der Waals surface area contributed by atoms with E-state index in [2.05, 4.69) is 15.0 Å². The second kappa shape index (κ2) is 3.59. The summed E-state index contributed by atoms with van der Waals surface area (Å²) in [6, 6.07) is 3.87. The zero-order chi connectivity index (χ0) is 9.97. The molecule has 2 aromatic rings. The summed E-state index contributed by atoms with van der Waals surface area (Å²) >= 11 is 0. The van der Waals surface area contributed by atoms with Crippen LogP contribution in [0.15, 0.2) is 24.5 Å². The van der Waals surface area contributed by atoms with Crippen molar-refractivity contribution in [3.63, 3.8) is 0 Å². The summed E-state index contributed by atoms with van der Waals surface area (Å²) in [5.74, 6) is 0.814. The molecule has 0 aromatic carbocycles. The van der Waals surface area contributed by atoms with Gasteiger partial charge in [0.15, 0.2) is 0 Å². The highest BCUT2D eigenvalue weighted by atomic mass is 15.0. The summed E-state index contributed by atoms with van der Waals surface area (Å²) < 4.78 is 0. The molecule has 0 atom stereocenters. The highest BCUT2D eigenvalue weighted by Crippen LogP contribution is 2.19. The summed E-state index contributed by atoms with van der Waals surface area (Å²) in [5, 5.41) is 0. The van der Waals surface area contributed by atoms with Crippen LogP contribution in [0.2, 0.25) is 0 Å². The highest BCUT2D eigenvalue weighted by molar-refractivity contribution is 5.60. The molecule has 2 heterocycles. The molecule has 0 fully saturated rings. The van der Waals surface area contributed by atoms with Crippen LogP contribution in [0.3, 0.4) is 0 Å². The second-order valence-corrected chi connectivity index (χ2v) is 3.10. The second-order valence-electron chi connectivity index (χ2n) is 3.10. The molecule has 0 spiro atoms. The molecule has 0 aliphatic heterocycles. The third kappa shape index (κ3) is 1.52. The van der Waals surface area contributed by atoms with Crippen molar-refractivity contribution in [2.24, 2.45) is 5.73 Å². The molecule has 4 heteroatoms. The number of imidazole rings is 1. The summed E-state index contributed by atoms with van der Waals surface area (Å²) in [6.07, 6.45) is 3.51. The van der Waals surface area contributed by atoms with Gasteiger partial charge in [0.25, 0.3) is 0 Å². The molecule has 0 saturated heterocycles. The Kier molecular flexibility index (Phi) is 2.28. The van der Waals surface area contributed by atoms with Crippen LogP contribution in [-0.4, -0.2) is 15.0 Å². The number of aromatic nitrogens is 3. The molecule has 0 aliphatic carbocycles. The van der Waals surface area contributed by atoms with Crippen LogP contribution in [0.25, 0.3) is 11.3 Å². The van der Waals surface area contributed by atoms with E-state index in [0.29, 0.717) is 6.54 Å². The van der Waals surface area contributed by atoms with Crippen molar-refractivity contribution in [2.75, 3.05) is 0 Å². The fourth-order valence-electron chi connectivity index (χ4n) is 1.41. The lowest BCUT2D eigenvalue weighted by Crippen LogP contribution is -1.97. The molecule has 4 nitrogen and oxygen atoms in total. The number of hydrogen-bond donors (Lipinski definition) is 2. The van der Waals surface area contributed by atoms with Gasteiger partial charge in [-0.2, -0.15) is 0 Å². The van der Waals surface area contributed by atoms with E-state index in [-0.39, 0.29) is 0 Å². The fourth-order valence-corrected chi connectivity index (χ4v) is 1.41. The summed E-state index contributed by atoms with van der Waals surface area (Å²) in [7, 11) is 0. The number of pyridine rings is 1. The monoisotopic (exact) mass is 188 g/mol. The third-order valence-electron chi connectivity index (χ3n) is 2.08. The molecule has 0 aliphatic rings. The van der Waals surface area contributed by atoms with Crippen LogP contribution in [0.1, 0.15) is 11.5 Å². The molecule has 14 heavy (non-hydrogen) atoms. The van der Waals surface area contributed by atoms with Crippen molar-refractivity contribution >= 4 is 0 Å². The van der Waals surface area contributed by atoms with Gasteiger partial charge < -0.3 is 10.7 Å². The number of H-pyrrole nitrogens is 1. The summed E-state index contributed by atoms with van der Waals surface area (Å²) in [6.45, 7) is 2.42. The van der Waals surface area contributed by atoms with Gasteiger partial charge in [-0.1, -0.05) is 0 Å². The minimum Gasteiger partial charge on any atom is -0.344 e. The number of aryl methyl sites for hydroxylation is 1. The lowest BCUT2D eigenvalue weighted by molar-refractivity contribution is 0.944. The van der Waals surface area contributed by atoms with Gasteiger partial charge in [-0.3, -0.25) is 4.98 Å². The third-order valence-corrected chi connectivity index (χ3v) is 2.08. The minimum absolute atomic E-state index is 0.436. The SMILES string of the molecule is Cc1[nH]c(CN)nc1-c1ccncc1. The molecule has 3 N–H and O–H groups in total. The van der Waals surface area contributed by atoms with E-state index >= 15 is 0 Å². The predicted molar refractivity (Wildman–Crippen MR) is 54.4 cm³/mol. The van der Waals surface area contributed by atoms with Crippen LogP contribution < -0.4 is 5.73 Å². The van der Waals surface area contributed by atoms with Crippen molar-refractivity contribution in [1.29, 1.82) is 0 Å². The maximum Gasteiger partial charge on any atom is 0.120 e. The van der Waals surface area contributed by atoms with Crippen LogP contribution in [0.4, 0.5) is 0 Å². The van der Waals surface area contributed by atoms with E-state index in [9.17, 15) is 0 Å². The number of nitrogens with zero attached hydrogens (tertiary/aromatic N) is 2. The van der Waals surface area contributed by atoms with E-state index in [4.69, 9.17) is 5.73 Å². The fraction of sp³-hybridized carbons (Fsp3) is 0.200. The average molecular weight is 188 g/mol. The molecule has 72 valence electrons. The largest absolute Gasteiger partial charge is 0.344 e. The Labute approximate surface area is 82.2 Å². The van der Waals surface area contributed by atoms with Gasteiger partial charge >= 0.3 is 0 Å². The topological polar surface area (TPSA) is 67.6 Å². The van der Waals surface area contributed by atoms with E-state index in [1.54, 1.807) is 12.4 Å². The van der Waals surface area contributed by atoms with Gasteiger partial charge in [-0.05, 0) is 19.1 Å². The zero-order valence-corrected chi connectivity index (χ0v) is 7.99. The number of nitrogens with two attached hydrogens (primary N) is 1. The summed E-state index contributed by atoms with van der Waals surface area (Å²) in [4.78, 5) is 11.5. The predicted octanol–water partition coefficient (Wildman–Crippen LogP) is 1.24. The smallest absolute Gasteiger partial charge is 0.120 e. The van der Waals surface area contributed by atoms with Crippen LogP contribution in [0.5, 0.6) is 0 Å². The van der Waals surface area contributed by atoms with Crippen molar-refractivity contribution in [1.82, 2.24) is 15.0 Å². The number of aromatic amines is 1. The first-order valence-electron chi connectivity index (χ1n) is 4.47. The molecule has 2 rings (SSSR count). The lowest BCUT2D eigenvalue weighted by Gasteiger charge is -1.95. The first-order chi connectivity index (χ1) is 6.81. The maximum absolute atomic E-state index is 5.50. The van der Waals surface area contributed by atoms with E-state index in [0.717, 1.165) is 22.8 Å². The Hall–Kier alpha value is -1.68. The minimum atomic E-state index is 0.436. The lowest BCUT2D eigenvalue weighted by atomic mass is 10.2. The molecular weight excluding hydrogens is 176 g/mol. The van der Waals surface area contributed by atoms with E-state index in [1.165, 1.54) is 0 Å². The van der Waals surface area contributed by atoms with E-state index in [1.807, 2.05) is 19.1 Å². The molecule has 0 radical (unpaired) electrons. The Morgan fingerprint density at radius 3 is 2.64 bits per heavy atom. The number of nitrogens with one attached hydrogen (secondary N) is 1. The molecule has 0 bridgehead atoms. The Balaban J connectivity index is 2.46. The quantitative estimate of drug-likeness (QED) is 0.745. The molecule has 0 unspecified atom stereocenters. The van der Waals surface area contributed by atoms with Crippen LogP contribution in [-0.2, 0) is 6.54 Å². The first-order valence-corrected chi connectivity index (χ1v) is 4.47. The molecule has 0 amide bonds. The molecule has 2 aromatic heterocycles. The first kappa shape index (κ1) is 8.90. The zero-order valence-electron chi connectivity index (χ0n) is 7.99. The van der Waals surface area contributed by atoms with Crippen molar-refractivity contribution in [2.45, 2.75) is 13.5 Å². The number of hydrogen-bond acceptors (Lipinski definition) is 3. The van der Waals surface area contributed by atoms with Crippen molar-refractivity contribution in [3.8, 4) is 11.3 Å². The van der Waals surface area contributed by atoms with Crippen LogP contribution in [0, 0.1) is 6.92 Å². The summed E-state index contributed by atoms with van der Waals surface area (Å²) in [5.41, 5.74) is 8.56. The van der Waals surface area contributed by atoms with Gasteiger partial charge in [0.1, 0.15) is 5.82 Å². The van der Waals surface area contributed by atoms with Crippen molar-refractivity contribution < 1.29 is 0 Å². The van der Waals surface area contributed by atoms with Crippen molar-refractivity contribution in [3.05, 3.63) is 36.0 Å². The average Bonchev–Trinajstić information content (AvgIpc) is 2.61. The molecular formula is C10H12N4. The Morgan fingerprint density at radius 1 is 1.36 bits per heavy atom. The Bertz CT molecular complexity index is 419. The normalized spacial score (nSPS) is 10.4. The number of rotatable bonds is 2. The van der Waals surface area contributed by atoms with Gasteiger partial charge in [0.05, 0.1) is 12.2 Å². The van der Waals surface area contributed by atoms with Gasteiger partial charge in [0.2, 0.25) is 0 Å².